The average Bonchev–Trinajstić information content (AvgIpc) is 2.60. The second-order valence-corrected chi connectivity index (χ2v) is 5.10. The Kier molecular flexibility index (Phi) is 6.03. The number of amides is 1. The zero-order chi connectivity index (χ0) is 17.5. The number of methoxy groups -OCH3 is 3. The molecule has 0 fully saturated rings. The van der Waals surface area contributed by atoms with Crippen molar-refractivity contribution in [3.63, 3.8) is 0 Å². The first-order chi connectivity index (χ1) is 11.6. The van der Waals surface area contributed by atoms with Crippen LogP contribution in [0.1, 0.15) is 15.9 Å². The number of ether oxygens (including phenoxy) is 3. The molecule has 126 valence electrons. The van der Waals surface area contributed by atoms with Gasteiger partial charge in [0.25, 0.3) is 5.91 Å². The number of hydrazone groups is 1. The second-order valence-electron chi connectivity index (χ2n) is 4.67. The molecule has 2 rings (SSSR count). The number of carbonyl (C=O) groups is 1. The minimum atomic E-state index is -0.360. The SMILES string of the molecule is COc1cc(/C=N\NC(=O)c2cccc(Cl)c2)cc(OC)c1OC. The highest BCUT2D eigenvalue weighted by Crippen LogP contribution is 2.37. The molecule has 0 spiro atoms. The molecule has 1 amide bonds. The van der Waals surface area contributed by atoms with Gasteiger partial charge >= 0.3 is 0 Å². The predicted octanol–water partition coefficient (Wildman–Crippen LogP) is 3.13. The van der Waals surface area contributed by atoms with Gasteiger partial charge in [-0.25, -0.2) is 5.43 Å². The zero-order valence-electron chi connectivity index (χ0n) is 13.5. The highest BCUT2D eigenvalue weighted by Gasteiger charge is 2.12. The largest absolute Gasteiger partial charge is 0.493 e. The molecule has 0 saturated carbocycles. The number of hydrogen-bond donors (Lipinski definition) is 1. The molecule has 0 atom stereocenters. The van der Waals surface area contributed by atoms with Crippen LogP contribution in [0.15, 0.2) is 41.5 Å². The molecule has 1 N–H and O–H groups in total. The van der Waals surface area contributed by atoms with E-state index >= 15 is 0 Å². The predicted molar refractivity (Wildman–Crippen MR) is 92.6 cm³/mol. The smallest absolute Gasteiger partial charge is 0.271 e. The van der Waals surface area contributed by atoms with Crippen molar-refractivity contribution in [2.75, 3.05) is 21.3 Å². The van der Waals surface area contributed by atoms with Gasteiger partial charge in [0, 0.05) is 16.1 Å². The summed E-state index contributed by atoms with van der Waals surface area (Å²) >= 11 is 5.86. The van der Waals surface area contributed by atoms with Gasteiger partial charge in [0.15, 0.2) is 11.5 Å². The van der Waals surface area contributed by atoms with E-state index in [1.165, 1.54) is 27.5 Å². The lowest BCUT2D eigenvalue weighted by atomic mass is 10.2. The van der Waals surface area contributed by atoms with Crippen LogP contribution in [-0.2, 0) is 0 Å². The van der Waals surface area contributed by atoms with Crippen LogP contribution in [0.5, 0.6) is 17.2 Å². The third-order valence-corrected chi connectivity index (χ3v) is 3.39. The Morgan fingerprint density at radius 1 is 1.08 bits per heavy atom. The van der Waals surface area contributed by atoms with Gasteiger partial charge in [-0.2, -0.15) is 5.10 Å². The van der Waals surface area contributed by atoms with Gasteiger partial charge in [0.2, 0.25) is 5.75 Å². The standard InChI is InChI=1S/C17H17ClN2O4/c1-22-14-7-11(8-15(23-2)16(14)24-3)10-19-20-17(21)12-5-4-6-13(18)9-12/h4-10H,1-3H3,(H,20,21)/b19-10-. The molecule has 0 heterocycles. The lowest BCUT2D eigenvalue weighted by Gasteiger charge is -2.12. The monoisotopic (exact) mass is 348 g/mol. The van der Waals surface area contributed by atoms with Crippen LogP contribution < -0.4 is 19.6 Å². The van der Waals surface area contributed by atoms with Crippen molar-refractivity contribution in [3.8, 4) is 17.2 Å². The van der Waals surface area contributed by atoms with E-state index in [1.54, 1.807) is 36.4 Å². The fourth-order valence-electron chi connectivity index (χ4n) is 2.04. The fraction of sp³-hybridized carbons (Fsp3) is 0.176. The quantitative estimate of drug-likeness (QED) is 0.643. The summed E-state index contributed by atoms with van der Waals surface area (Å²) in [6, 6.07) is 10.0. The molecule has 0 aliphatic carbocycles. The van der Waals surface area contributed by atoms with Crippen molar-refractivity contribution >= 4 is 23.7 Å². The number of halogens is 1. The lowest BCUT2D eigenvalue weighted by molar-refractivity contribution is 0.0955. The van der Waals surface area contributed by atoms with Gasteiger partial charge in [-0.05, 0) is 30.3 Å². The van der Waals surface area contributed by atoms with Crippen molar-refractivity contribution in [1.82, 2.24) is 5.43 Å². The minimum absolute atomic E-state index is 0.360. The maximum Gasteiger partial charge on any atom is 0.271 e. The van der Waals surface area contributed by atoms with Crippen molar-refractivity contribution in [1.29, 1.82) is 0 Å². The fourth-order valence-corrected chi connectivity index (χ4v) is 2.23. The topological polar surface area (TPSA) is 69.2 Å². The third kappa shape index (κ3) is 4.17. The van der Waals surface area contributed by atoms with Crippen LogP contribution in [0, 0.1) is 0 Å². The summed E-state index contributed by atoms with van der Waals surface area (Å²) in [5.41, 5.74) is 3.53. The maximum atomic E-state index is 12.0. The summed E-state index contributed by atoms with van der Waals surface area (Å²) in [7, 11) is 4.58. The van der Waals surface area contributed by atoms with E-state index in [0.29, 0.717) is 33.4 Å². The van der Waals surface area contributed by atoms with Crippen molar-refractivity contribution in [2.45, 2.75) is 0 Å². The highest BCUT2D eigenvalue weighted by molar-refractivity contribution is 6.30. The Morgan fingerprint density at radius 2 is 1.75 bits per heavy atom. The van der Waals surface area contributed by atoms with Crippen molar-refractivity contribution in [2.24, 2.45) is 5.10 Å². The van der Waals surface area contributed by atoms with Crippen LogP contribution >= 0.6 is 11.6 Å². The number of carbonyl (C=O) groups excluding carboxylic acids is 1. The molecule has 0 aromatic heterocycles. The molecular formula is C17H17ClN2O4. The molecule has 0 unspecified atom stereocenters. The Hall–Kier alpha value is -2.73. The third-order valence-electron chi connectivity index (χ3n) is 3.15. The molecule has 7 heteroatoms. The molecule has 0 bridgehead atoms. The Balaban J connectivity index is 2.15. The Bertz CT molecular complexity index is 737. The number of nitrogens with one attached hydrogen (secondary N) is 1. The molecule has 6 nitrogen and oxygen atoms in total. The van der Waals surface area contributed by atoms with Gasteiger partial charge in [0.1, 0.15) is 0 Å². The Morgan fingerprint density at radius 3 is 2.29 bits per heavy atom. The number of nitrogens with zero attached hydrogens (tertiary/aromatic N) is 1. The van der Waals surface area contributed by atoms with Gasteiger partial charge in [-0.1, -0.05) is 17.7 Å². The van der Waals surface area contributed by atoms with E-state index in [-0.39, 0.29) is 5.91 Å². The number of rotatable bonds is 6. The molecule has 0 saturated heterocycles. The van der Waals surface area contributed by atoms with Crippen LogP contribution in [0.2, 0.25) is 5.02 Å². The molecule has 0 aliphatic rings. The second kappa shape index (κ2) is 8.21. The van der Waals surface area contributed by atoms with E-state index < -0.39 is 0 Å². The summed E-state index contributed by atoms with van der Waals surface area (Å²) in [4.78, 5) is 12.0. The van der Waals surface area contributed by atoms with Gasteiger partial charge in [0.05, 0.1) is 27.5 Å². The molecule has 2 aromatic carbocycles. The van der Waals surface area contributed by atoms with E-state index in [2.05, 4.69) is 10.5 Å². The lowest BCUT2D eigenvalue weighted by Crippen LogP contribution is -2.17. The zero-order valence-corrected chi connectivity index (χ0v) is 14.3. The maximum absolute atomic E-state index is 12.0. The summed E-state index contributed by atoms with van der Waals surface area (Å²) < 4.78 is 15.8. The van der Waals surface area contributed by atoms with Gasteiger partial charge in [-0.3, -0.25) is 4.79 Å². The number of benzene rings is 2. The summed E-state index contributed by atoms with van der Waals surface area (Å²) in [6.07, 6.45) is 1.48. The first-order valence-electron chi connectivity index (χ1n) is 6.98. The highest BCUT2D eigenvalue weighted by atomic mass is 35.5. The molecule has 2 aromatic rings. The van der Waals surface area contributed by atoms with E-state index in [9.17, 15) is 4.79 Å². The minimum Gasteiger partial charge on any atom is -0.493 e. The van der Waals surface area contributed by atoms with Crippen LogP contribution in [0.4, 0.5) is 0 Å². The Labute approximate surface area is 145 Å². The normalized spacial score (nSPS) is 10.5. The molecule has 24 heavy (non-hydrogen) atoms. The first-order valence-corrected chi connectivity index (χ1v) is 7.35. The molecule has 0 radical (unpaired) electrons. The van der Waals surface area contributed by atoms with Crippen LogP contribution in [0.25, 0.3) is 0 Å². The first kappa shape index (κ1) is 17.6. The van der Waals surface area contributed by atoms with E-state index in [1.807, 2.05) is 0 Å². The number of hydrogen-bond acceptors (Lipinski definition) is 5. The molecule has 0 aliphatic heterocycles. The van der Waals surface area contributed by atoms with Crippen molar-refractivity contribution in [3.05, 3.63) is 52.5 Å². The average molecular weight is 349 g/mol. The summed E-state index contributed by atoms with van der Waals surface area (Å²) in [6.45, 7) is 0. The summed E-state index contributed by atoms with van der Waals surface area (Å²) in [5.74, 6) is 1.13. The van der Waals surface area contributed by atoms with Crippen LogP contribution in [-0.4, -0.2) is 33.5 Å². The van der Waals surface area contributed by atoms with Crippen molar-refractivity contribution < 1.29 is 19.0 Å². The van der Waals surface area contributed by atoms with Crippen LogP contribution in [0.3, 0.4) is 0 Å². The van der Waals surface area contributed by atoms with E-state index in [0.717, 1.165) is 0 Å². The van der Waals surface area contributed by atoms with E-state index in [4.69, 9.17) is 25.8 Å². The van der Waals surface area contributed by atoms with Gasteiger partial charge in [-0.15, -0.1) is 0 Å². The molecular weight excluding hydrogens is 332 g/mol. The van der Waals surface area contributed by atoms with Gasteiger partial charge < -0.3 is 14.2 Å². The summed E-state index contributed by atoms with van der Waals surface area (Å²) in [5, 5.41) is 4.42.